The van der Waals surface area contributed by atoms with Crippen molar-refractivity contribution in [3.63, 3.8) is 0 Å². The molecule has 0 bridgehead atoms. The van der Waals surface area contributed by atoms with Gasteiger partial charge in [-0.1, -0.05) is 27.4 Å². The lowest BCUT2D eigenvalue weighted by atomic mass is 9.93. The van der Waals surface area contributed by atoms with E-state index in [1.807, 2.05) is 18.7 Å². The van der Waals surface area contributed by atoms with Crippen molar-refractivity contribution in [3.8, 4) is 0 Å². The third-order valence-corrected chi connectivity index (χ3v) is 2.60. The summed E-state index contributed by atoms with van der Waals surface area (Å²) >= 11 is 0. The number of hydrogen-bond acceptors (Lipinski definition) is 1. The average molecular weight is 197 g/mol. The van der Waals surface area contributed by atoms with Crippen molar-refractivity contribution in [2.75, 3.05) is 6.54 Å². The molecule has 1 fully saturated rings. The number of piperidine rings is 1. The monoisotopic (exact) mass is 197 g/mol. The second-order valence-electron chi connectivity index (χ2n) is 3.71. The highest BCUT2D eigenvalue weighted by Crippen LogP contribution is 2.21. The topological polar surface area (TPSA) is 20.3 Å². The Hall–Kier alpha value is -0.790. The van der Waals surface area contributed by atoms with Gasteiger partial charge >= 0.3 is 0 Å². The van der Waals surface area contributed by atoms with Crippen LogP contribution in [-0.2, 0) is 4.79 Å². The van der Waals surface area contributed by atoms with Crippen molar-refractivity contribution in [1.29, 1.82) is 0 Å². The first-order chi connectivity index (χ1) is 6.65. The predicted octanol–water partition coefficient (Wildman–Crippen LogP) is 2.85. The molecule has 82 valence electrons. The Labute approximate surface area is 88.0 Å². The largest absolute Gasteiger partial charge is 0.336 e. The number of hydrogen-bond donors (Lipinski definition) is 0. The third kappa shape index (κ3) is 3.52. The summed E-state index contributed by atoms with van der Waals surface area (Å²) in [7, 11) is 0. The summed E-state index contributed by atoms with van der Waals surface area (Å²) in [5.74, 6) is 0.836. The number of carbonyl (C=O) groups excluding carboxylic acids is 1. The van der Waals surface area contributed by atoms with Crippen molar-refractivity contribution in [1.82, 2.24) is 4.90 Å². The van der Waals surface area contributed by atoms with Crippen molar-refractivity contribution in [2.24, 2.45) is 5.92 Å². The first kappa shape index (κ1) is 13.2. The Balaban J connectivity index is 0.000000791. The molecule has 14 heavy (non-hydrogen) atoms. The van der Waals surface area contributed by atoms with Crippen molar-refractivity contribution < 1.29 is 4.79 Å². The van der Waals surface area contributed by atoms with Gasteiger partial charge < -0.3 is 4.90 Å². The predicted molar refractivity (Wildman–Crippen MR) is 61.1 cm³/mol. The zero-order valence-electron chi connectivity index (χ0n) is 9.92. The molecule has 0 aromatic rings. The van der Waals surface area contributed by atoms with E-state index in [1.54, 1.807) is 0 Å². The molecule has 1 aliphatic heterocycles. The Bertz CT molecular complexity index is 189. The minimum Gasteiger partial charge on any atom is -0.336 e. The van der Waals surface area contributed by atoms with E-state index in [0.29, 0.717) is 6.04 Å². The van der Waals surface area contributed by atoms with E-state index < -0.39 is 0 Å². The van der Waals surface area contributed by atoms with Gasteiger partial charge in [-0.3, -0.25) is 4.79 Å². The molecule has 1 aliphatic rings. The fraction of sp³-hybridized carbons (Fsp3) is 0.750. The van der Waals surface area contributed by atoms with Gasteiger partial charge in [-0.05, 0) is 31.8 Å². The van der Waals surface area contributed by atoms with E-state index in [1.165, 1.54) is 6.08 Å². The molecule has 1 amide bonds. The molecule has 0 aromatic heterocycles. The molecule has 2 unspecified atom stereocenters. The van der Waals surface area contributed by atoms with Crippen LogP contribution in [0.1, 0.15) is 40.5 Å². The number of rotatable bonds is 1. The fourth-order valence-electron chi connectivity index (χ4n) is 1.85. The fourth-order valence-corrected chi connectivity index (χ4v) is 1.85. The van der Waals surface area contributed by atoms with Gasteiger partial charge in [0.05, 0.1) is 0 Å². The summed E-state index contributed by atoms with van der Waals surface area (Å²) in [5.41, 5.74) is 0. The summed E-state index contributed by atoms with van der Waals surface area (Å²) in [6.07, 6.45) is 3.66. The van der Waals surface area contributed by atoms with Gasteiger partial charge in [-0.15, -0.1) is 0 Å². The summed E-state index contributed by atoms with van der Waals surface area (Å²) < 4.78 is 0. The standard InChI is InChI=1S/C10H17NO.C2H6/c1-4-10(12)11-6-5-8(2)7-9(11)3;1-2/h4,8-9H,1,5-7H2,2-3H3;1-2H3. The first-order valence-corrected chi connectivity index (χ1v) is 5.58. The number of nitrogens with zero attached hydrogens (tertiary/aromatic N) is 1. The Morgan fingerprint density at radius 3 is 2.43 bits per heavy atom. The molecule has 2 heteroatoms. The molecule has 1 heterocycles. The quantitative estimate of drug-likeness (QED) is 0.592. The van der Waals surface area contributed by atoms with E-state index in [0.717, 1.165) is 25.3 Å². The highest BCUT2D eigenvalue weighted by molar-refractivity contribution is 5.87. The normalized spacial score (nSPS) is 26.1. The maximum Gasteiger partial charge on any atom is 0.246 e. The van der Waals surface area contributed by atoms with Crippen LogP contribution in [0.15, 0.2) is 12.7 Å². The lowest BCUT2D eigenvalue weighted by Gasteiger charge is -2.35. The van der Waals surface area contributed by atoms with Crippen LogP contribution in [-0.4, -0.2) is 23.4 Å². The first-order valence-electron chi connectivity index (χ1n) is 5.58. The van der Waals surface area contributed by atoms with Gasteiger partial charge in [-0.2, -0.15) is 0 Å². The zero-order valence-corrected chi connectivity index (χ0v) is 9.92. The molecule has 2 nitrogen and oxygen atoms in total. The number of amides is 1. The second kappa shape index (κ2) is 6.63. The smallest absolute Gasteiger partial charge is 0.246 e. The number of likely N-dealkylation sites (tertiary alicyclic amines) is 1. The Morgan fingerprint density at radius 2 is 2.00 bits per heavy atom. The van der Waals surface area contributed by atoms with Gasteiger partial charge in [0.2, 0.25) is 5.91 Å². The van der Waals surface area contributed by atoms with Crippen LogP contribution in [0.4, 0.5) is 0 Å². The maximum atomic E-state index is 11.3. The van der Waals surface area contributed by atoms with Gasteiger partial charge in [0.15, 0.2) is 0 Å². The Kier molecular flexibility index (Phi) is 6.26. The maximum absolute atomic E-state index is 11.3. The van der Waals surface area contributed by atoms with Crippen LogP contribution in [0.25, 0.3) is 0 Å². The van der Waals surface area contributed by atoms with Crippen molar-refractivity contribution in [3.05, 3.63) is 12.7 Å². The Morgan fingerprint density at radius 1 is 1.43 bits per heavy atom. The van der Waals surface area contributed by atoms with Crippen LogP contribution < -0.4 is 0 Å². The zero-order chi connectivity index (χ0) is 11.1. The lowest BCUT2D eigenvalue weighted by Crippen LogP contribution is -2.43. The molecule has 0 spiro atoms. The molecule has 2 atom stereocenters. The molecule has 0 saturated carbocycles. The minimum absolute atomic E-state index is 0.0781. The SMILES string of the molecule is C=CC(=O)N1CCC(C)CC1C.CC. The van der Waals surface area contributed by atoms with Crippen LogP contribution in [0.3, 0.4) is 0 Å². The molecule has 0 N–H and O–H groups in total. The summed E-state index contributed by atoms with van der Waals surface area (Å²) in [6, 6.07) is 0.388. The van der Waals surface area contributed by atoms with E-state index in [9.17, 15) is 4.79 Å². The van der Waals surface area contributed by atoms with Gasteiger partial charge in [0.1, 0.15) is 0 Å². The molecule has 0 radical (unpaired) electrons. The van der Waals surface area contributed by atoms with Gasteiger partial charge in [0.25, 0.3) is 0 Å². The molecular formula is C12H23NO. The van der Waals surface area contributed by atoms with Crippen molar-refractivity contribution >= 4 is 5.91 Å². The van der Waals surface area contributed by atoms with E-state index >= 15 is 0 Å². The lowest BCUT2D eigenvalue weighted by molar-refractivity contribution is -0.129. The molecule has 0 aliphatic carbocycles. The molecule has 1 saturated heterocycles. The van der Waals surface area contributed by atoms with Crippen LogP contribution in [0.2, 0.25) is 0 Å². The number of carbonyl (C=O) groups is 1. The van der Waals surface area contributed by atoms with Crippen LogP contribution in [0.5, 0.6) is 0 Å². The van der Waals surface area contributed by atoms with E-state index in [-0.39, 0.29) is 5.91 Å². The highest BCUT2D eigenvalue weighted by Gasteiger charge is 2.24. The van der Waals surface area contributed by atoms with Crippen molar-refractivity contribution in [2.45, 2.75) is 46.6 Å². The van der Waals surface area contributed by atoms with E-state index in [2.05, 4.69) is 20.4 Å². The van der Waals surface area contributed by atoms with E-state index in [4.69, 9.17) is 0 Å². The third-order valence-electron chi connectivity index (χ3n) is 2.60. The summed E-state index contributed by atoms with van der Waals surface area (Å²) in [6.45, 7) is 12.7. The summed E-state index contributed by atoms with van der Waals surface area (Å²) in [4.78, 5) is 13.2. The summed E-state index contributed by atoms with van der Waals surface area (Å²) in [5, 5.41) is 0. The molecular weight excluding hydrogens is 174 g/mol. The molecule has 0 aromatic carbocycles. The average Bonchev–Trinajstić information content (AvgIpc) is 2.20. The highest BCUT2D eigenvalue weighted by atomic mass is 16.2. The van der Waals surface area contributed by atoms with Gasteiger partial charge in [0, 0.05) is 12.6 Å². The molecule has 1 rings (SSSR count). The van der Waals surface area contributed by atoms with Gasteiger partial charge in [-0.25, -0.2) is 0 Å². The minimum atomic E-state index is 0.0781. The second-order valence-corrected chi connectivity index (χ2v) is 3.71. The van der Waals surface area contributed by atoms with Crippen LogP contribution >= 0.6 is 0 Å². The van der Waals surface area contributed by atoms with Crippen LogP contribution in [0, 0.1) is 5.92 Å².